The summed E-state index contributed by atoms with van der Waals surface area (Å²) in [7, 11) is 1.56. The van der Waals surface area contributed by atoms with Crippen molar-refractivity contribution in [2.24, 2.45) is 0 Å². The number of nitrogens with one attached hydrogen (secondary N) is 1. The smallest absolute Gasteiger partial charge is 0.273 e. The number of pyridine rings is 1. The summed E-state index contributed by atoms with van der Waals surface area (Å²) in [6.45, 7) is 1.88. The van der Waals surface area contributed by atoms with E-state index in [4.69, 9.17) is 9.15 Å². The van der Waals surface area contributed by atoms with E-state index in [0.717, 1.165) is 41.7 Å². The number of ether oxygens (including phenoxy) is 1. The summed E-state index contributed by atoms with van der Waals surface area (Å²) in [6, 6.07) is 9.24. The van der Waals surface area contributed by atoms with Gasteiger partial charge in [0, 0.05) is 23.6 Å². The lowest BCUT2D eigenvalue weighted by atomic mass is 10.0. The molecule has 0 saturated carbocycles. The van der Waals surface area contributed by atoms with Crippen molar-refractivity contribution >= 4 is 34.1 Å². The number of Topliss-reactive ketones (excluding diaryl/α,β-unsaturated/α-hetero) is 1. The van der Waals surface area contributed by atoms with E-state index in [-0.39, 0.29) is 17.4 Å². The van der Waals surface area contributed by atoms with Crippen molar-refractivity contribution in [3.05, 3.63) is 53.5 Å². The van der Waals surface area contributed by atoms with Crippen molar-refractivity contribution in [2.75, 3.05) is 7.11 Å². The first-order chi connectivity index (χ1) is 17.1. The number of oxazole rings is 1. The molecule has 1 atom stereocenters. The predicted octanol–water partition coefficient (Wildman–Crippen LogP) is 5.15. The lowest BCUT2D eigenvalue weighted by molar-refractivity contribution is -0.118. The van der Waals surface area contributed by atoms with Crippen LogP contribution < -0.4 is 10.1 Å². The molecule has 1 aromatic carbocycles. The number of para-hydroxylation sites is 1. The van der Waals surface area contributed by atoms with Crippen LogP contribution in [-0.2, 0) is 4.79 Å². The third-order valence-corrected chi connectivity index (χ3v) is 6.21. The number of methoxy groups -OCH3 is 1. The molecular formula is C25H27N5O4S. The Kier molecular flexibility index (Phi) is 8.15. The molecule has 3 aromatic heterocycles. The number of unbranched alkanes of at least 4 members (excludes halogenated alkanes) is 2. The summed E-state index contributed by atoms with van der Waals surface area (Å²) < 4.78 is 15.4. The quantitative estimate of drug-likeness (QED) is 0.269. The SMILES string of the molecule is CCC(=O)CCCCC[C@H](NC(=O)c1csnn1)c1ncc(-c2cc3ccccc3nc2OC)o1. The monoisotopic (exact) mass is 493 g/mol. The number of fused-ring (bicyclic) bond motifs is 1. The molecule has 0 radical (unpaired) electrons. The maximum Gasteiger partial charge on any atom is 0.273 e. The number of benzene rings is 1. The van der Waals surface area contributed by atoms with E-state index in [1.54, 1.807) is 18.7 Å². The van der Waals surface area contributed by atoms with Gasteiger partial charge in [-0.1, -0.05) is 42.5 Å². The highest BCUT2D eigenvalue weighted by atomic mass is 32.1. The molecule has 10 heteroatoms. The fourth-order valence-corrected chi connectivity index (χ4v) is 4.22. The first-order valence-corrected chi connectivity index (χ1v) is 12.4. The molecule has 0 unspecified atom stereocenters. The molecular weight excluding hydrogens is 466 g/mol. The van der Waals surface area contributed by atoms with Gasteiger partial charge in [0.2, 0.25) is 11.8 Å². The highest BCUT2D eigenvalue weighted by molar-refractivity contribution is 7.03. The Morgan fingerprint density at radius 3 is 2.83 bits per heavy atom. The molecule has 1 amide bonds. The van der Waals surface area contributed by atoms with Crippen molar-refractivity contribution in [1.29, 1.82) is 0 Å². The molecule has 35 heavy (non-hydrogen) atoms. The van der Waals surface area contributed by atoms with E-state index in [1.807, 2.05) is 37.3 Å². The van der Waals surface area contributed by atoms with Crippen molar-refractivity contribution in [1.82, 2.24) is 24.9 Å². The Hall–Kier alpha value is -3.66. The van der Waals surface area contributed by atoms with Gasteiger partial charge in [-0.3, -0.25) is 9.59 Å². The van der Waals surface area contributed by atoms with Gasteiger partial charge in [-0.15, -0.1) is 5.10 Å². The molecule has 1 N–H and O–H groups in total. The Balaban J connectivity index is 1.54. The largest absolute Gasteiger partial charge is 0.480 e. The summed E-state index contributed by atoms with van der Waals surface area (Å²) >= 11 is 1.11. The molecule has 9 nitrogen and oxygen atoms in total. The van der Waals surface area contributed by atoms with Gasteiger partial charge < -0.3 is 14.5 Å². The standard InChI is InChI=1S/C25H27N5O4S/c1-3-17(31)10-5-4-6-12-20(27-23(32)21-15-35-30-29-21)25-26-14-22(34-25)18-13-16-9-7-8-11-19(16)28-24(18)33-2/h7-9,11,13-15,20H,3-6,10,12H2,1-2H3,(H,27,32)/t20-/m0/s1. The first kappa shape index (κ1) is 24.5. The van der Waals surface area contributed by atoms with Crippen LogP contribution in [0.1, 0.15) is 67.9 Å². The van der Waals surface area contributed by atoms with Gasteiger partial charge in [-0.05, 0) is 36.5 Å². The second-order valence-corrected chi connectivity index (χ2v) is 8.72. The number of carbonyl (C=O) groups excluding carboxylic acids is 2. The molecule has 4 rings (SSSR count). The molecule has 0 bridgehead atoms. The second-order valence-electron chi connectivity index (χ2n) is 8.11. The van der Waals surface area contributed by atoms with Crippen LogP contribution in [0.25, 0.3) is 22.2 Å². The van der Waals surface area contributed by atoms with E-state index in [1.165, 1.54) is 0 Å². The third kappa shape index (κ3) is 6.07. The summed E-state index contributed by atoms with van der Waals surface area (Å²) in [5.74, 6) is 1.24. The van der Waals surface area contributed by atoms with Crippen LogP contribution in [0.5, 0.6) is 5.88 Å². The Morgan fingerprint density at radius 1 is 1.20 bits per heavy atom. The molecule has 0 aliphatic carbocycles. The number of hydrogen-bond acceptors (Lipinski definition) is 9. The minimum absolute atomic E-state index is 0.251. The summed E-state index contributed by atoms with van der Waals surface area (Å²) in [5.41, 5.74) is 1.74. The van der Waals surface area contributed by atoms with Crippen molar-refractivity contribution in [3.63, 3.8) is 0 Å². The van der Waals surface area contributed by atoms with E-state index >= 15 is 0 Å². The number of nitrogens with zero attached hydrogens (tertiary/aromatic N) is 4. The fraction of sp³-hybridized carbons (Fsp3) is 0.360. The van der Waals surface area contributed by atoms with E-state index < -0.39 is 6.04 Å². The van der Waals surface area contributed by atoms with Gasteiger partial charge in [0.25, 0.3) is 5.91 Å². The lowest BCUT2D eigenvalue weighted by Crippen LogP contribution is -2.29. The average molecular weight is 494 g/mol. The van der Waals surface area contributed by atoms with Gasteiger partial charge in [0.05, 0.1) is 24.4 Å². The maximum atomic E-state index is 12.7. The highest BCUT2D eigenvalue weighted by Crippen LogP contribution is 2.33. The third-order valence-electron chi connectivity index (χ3n) is 5.71. The van der Waals surface area contributed by atoms with E-state index in [0.29, 0.717) is 42.4 Å². The van der Waals surface area contributed by atoms with Crippen molar-refractivity contribution < 1.29 is 18.7 Å². The van der Waals surface area contributed by atoms with E-state index in [2.05, 4.69) is 24.9 Å². The minimum atomic E-state index is -0.459. The first-order valence-electron chi connectivity index (χ1n) is 11.6. The Morgan fingerprint density at radius 2 is 2.06 bits per heavy atom. The lowest BCUT2D eigenvalue weighted by Gasteiger charge is -2.15. The van der Waals surface area contributed by atoms with Crippen molar-refractivity contribution in [2.45, 2.75) is 51.5 Å². The topological polar surface area (TPSA) is 120 Å². The number of amides is 1. The van der Waals surface area contributed by atoms with Crippen LogP contribution in [0, 0.1) is 0 Å². The van der Waals surface area contributed by atoms with Gasteiger partial charge in [0.1, 0.15) is 11.8 Å². The summed E-state index contributed by atoms with van der Waals surface area (Å²) in [5, 5.41) is 9.35. The zero-order chi connectivity index (χ0) is 24.6. The molecule has 0 spiro atoms. The molecule has 0 aliphatic rings. The number of rotatable bonds is 12. The molecule has 0 saturated heterocycles. The van der Waals surface area contributed by atoms with Crippen LogP contribution >= 0.6 is 11.5 Å². The minimum Gasteiger partial charge on any atom is -0.480 e. The fourth-order valence-electron chi connectivity index (χ4n) is 3.78. The van der Waals surface area contributed by atoms with E-state index in [9.17, 15) is 9.59 Å². The average Bonchev–Trinajstić information content (AvgIpc) is 3.59. The number of ketones is 1. The maximum absolute atomic E-state index is 12.7. The Labute approximate surface area is 207 Å². The second kappa shape index (κ2) is 11.7. The Bertz CT molecular complexity index is 1290. The van der Waals surface area contributed by atoms with Crippen LogP contribution in [0.3, 0.4) is 0 Å². The van der Waals surface area contributed by atoms with Gasteiger partial charge in [0.15, 0.2) is 11.5 Å². The number of carbonyl (C=O) groups is 2. The van der Waals surface area contributed by atoms with Gasteiger partial charge in [-0.25, -0.2) is 9.97 Å². The number of aromatic nitrogens is 4. The number of hydrogen-bond donors (Lipinski definition) is 1. The molecule has 182 valence electrons. The normalized spacial score (nSPS) is 11.9. The van der Waals surface area contributed by atoms with Gasteiger partial charge >= 0.3 is 0 Å². The molecule has 3 heterocycles. The highest BCUT2D eigenvalue weighted by Gasteiger charge is 2.23. The van der Waals surface area contributed by atoms with Crippen LogP contribution in [0.4, 0.5) is 0 Å². The van der Waals surface area contributed by atoms with Crippen LogP contribution in [0.15, 0.2) is 46.3 Å². The predicted molar refractivity (Wildman–Crippen MR) is 132 cm³/mol. The van der Waals surface area contributed by atoms with Gasteiger partial charge in [-0.2, -0.15) is 0 Å². The molecule has 0 aliphatic heterocycles. The summed E-state index contributed by atoms with van der Waals surface area (Å²) in [6.07, 6.45) is 5.86. The summed E-state index contributed by atoms with van der Waals surface area (Å²) in [4.78, 5) is 33.3. The zero-order valence-corrected chi connectivity index (χ0v) is 20.5. The molecule has 4 aromatic rings. The van der Waals surface area contributed by atoms with Crippen LogP contribution in [0.2, 0.25) is 0 Å². The van der Waals surface area contributed by atoms with Crippen molar-refractivity contribution in [3.8, 4) is 17.2 Å². The zero-order valence-electron chi connectivity index (χ0n) is 19.7. The van der Waals surface area contributed by atoms with Crippen LogP contribution in [-0.4, -0.2) is 38.4 Å². The molecule has 0 fully saturated rings.